The van der Waals surface area contributed by atoms with Gasteiger partial charge in [0.25, 0.3) is 0 Å². The SMILES string of the molecule is [2H]N1C(c2ccc(B3OC(C)(C)C(C)(C)O3)cc2)CCC1c1ccc(B2OC(C)(C)C(C)(C)O2)cc1. The van der Waals surface area contributed by atoms with Crippen LogP contribution in [0.25, 0.3) is 0 Å². The van der Waals surface area contributed by atoms with Crippen LogP contribution >= 0.6 is 0 Å². The Kier molecular flexibility index (Phi) is 5.74. The number of benzene rings is 2. The van der Waals surface area contributed by atoms with Gasteiger partial charge in [-0.2, -0.15) is 0 Å². The maximum Gasteiger partial charge on any atom is 0.494 e. The van der Waals surface area contributed by atoms with Crippen molar-refractivity contribution in [1.82, 2.24) is 5.31 Å². The lowest BCUT2D eigenvalue weighted by Gasteiger charge is -2.32. The van der Waals surface area contributed by atoms with Gasteiger partial charge in [-0.05, 0) is 90.3 Å². The largest absolute Gasteiger partial charge is 0.494 e. The maximum absolute atomic E-state index is 8.91. The highest BCUT2D eigenvalue weighted by Gasteiger charge is 2.52. The van der Waals surface area contributed by atoms with Gasteiger partial charge >= 0.3 is 14.2 Å². The Balaban J connectivity index is 1.25. The summed E-state index contributed by atoms with van der Waals surface area (Å²) in [6.45, 7) is 16.6. The van der Waals surface area contributed by atoms with Gasteiger partial charge in [-0.1, -0.05) is 48.5 Å². The van der Waals surface area contributed by atoms with Gasteiger partial charge in [-0.25, -0.2) is 0 Å². The van der Waals surface area contributed by atoms with Crippen LogP contribution in [-0.4, -0.2) is 36.6 Å². The van der Waals surface area contributed by atoms with Crippen LogP contribution in [0.15, 0.2) is 48.5 Å². The van der Waals surface area contributed by atoms with E-state index >= 15 is 0 Å². The third-order valence-corrected chi connectivity index (χ3v) is 8.77. The van der Waals surface area contributed by atoms with Gasteiger partial charge in [0.2, 0.25) is 0 Å². The summed E-state index contributed by atoms with van der Waals surface area (Å²) < 4.78 is 33.7. The molecule has 2 aromatic rings. The molecule has 0 aliphatic carbocycles. The molecule has 186 valence electrons. The maximum atomic E-state index is 8.91. The molecular formula is C28H39B2NO4. The zero-order valence-electron chi connectivity index (χ0n) is 23.4. The minimum atomic E-state index is -0.366. The van der Waals surface area contributed by atoms with Crippen LogP contribution in [0.5, 0.6) is 0 Å². The summed E-state index contributed by atoms with van der Waals surface area (Å²) in [4.78, 5) is 0. The fourth-order valence-electron chi connectivity index (χ4n) is 4.90. The molecular weight excluding hydrogens is 436 g/mol. The van der Waals surface area contributed by atoms with Crippen LogP contribution in [0.3, 0.4) is 0 Å². The molecule has 5 nitrogen and oxygen atoms in total. The standard InChI is InChI=1S/C28H39B2NO4/c1-25(2)26(3,4)33-29(32-25)21-13-9-19(10-14-21)23-17-18-24(31-23)20-11-15-22(16-12-20)30-34-27(5,6)28(7,8)35-30/h9-16,23-24,31H,17-18H2,1-8H3/i/hD. The van der Waals surface area contributed by atoms with Crippen molar-refractivity contribution < 1.29 is 20.0 Å². The first-order valence-electron chi connectivity index (χ1n) is 13.3. The van der Waals surface area contributed by atoms with Crippen LogP contribution < -0.4 is 16.2 Å². The predicted molar refractivity (Wildman–Crippen MR) is 142 cm³/mol. The van der Waals surface area contributed by atoms with Crippen molar-refractivity contribution in [2.45, 2.75) is 103 Å². The van der Waals surface area contributed by atoms with Crippen LogP contribution in [0.4, 0.5) is 0 Å². The van der Waals surface area contributed by atoms with E-state index in [2.05, 4.69) is 104 Å². The smallest absolute Gasteiger partial charge is 0.399 e. The van der Waals surface area contributed by atoms with E-state index in [9.17, 15) is 0 Å². The summed E-state index contributed by atoms with van der Waals surface area (Å²) in [6.07, 6.45) is 1.89. The molecule has 5 rings (SSSR count). The predicted octanol–water partition coefficient (Wildman–Crippen LogP) is 4.45. The van der Waals surface area contributed by atoms with Crippen molar-refractivity contribution in [2.24, 2.45) is 0 Å². The number of nitrogens with one attached hydrogen (secondary N) is 1. The molecule has 0 radical (unpaired) electrons. The van der Waals surface area contributed by atoms with Crippen molar-refractivity contribution in [1.29, 1.82) is 0 Å². The minimum absolute atomic E-state index is 0.0603. The van der Waals surface area contributed by atoms with E-state index in [1.807, 2.05) is 0 Å². The highest BCUT2D eigenvalue weighted by atomic mass is 16.7. The fraction of sp³-hybridized carbons (Fsp3) is 0.571. The van der Waals surface area contributed by atoms with Gasteiger partial charge in [0, 0.05) is 12.1 Å². The molecule has 1 N–H and O–H groups in total. The van der Waals surface area contributed by atoms with E-state index in [4.69, 9.17) is 20.0 Å². The van der Waals surface area contributed by atoms with Crippen molar-refractivity contribution in [3.05, 3.63) is 59.7 Å². The normalized spacial score (nSPS) is 29.5. The summed E-state index contributed by atoms with van der Waals surface area (Å²) in [5.41, 5.74) is 2.91. The molecule has 3 saturated heterocycles. The zero-order valence-corrected chi connectivity index (χ0v) is 22.4. The summed E-state index contributed by atoms with van der Waals surface area (Å²) in [7, 11) is -0.732. The molecule has 2 unspecified atom stereocenters. The lowest BCUT2D eigenvalue weighted by Crippen LogP contribution is -2.41. The second kappa shape index (κ2) is 8.46. The molecule has 35 heavy (non-hydrogen) atoms. The lowest BCUT2D eigenvalue weighted by molar-refractivity contribution is 0.00578. The molecule has 0 aromatic heterocycles. The van der Waals surface area contributed by atoms with Gasteiger partial charge in [0.15, 0.2) is 0 Å². The summed E-state index contributed by atoms with van der Waals surface area (Å²) in [5.74, 6) is 0. The third-order valence-electron chi connectivity index (χ3n) is 8.77. The monoisotopic (exact) mass is 476 g/mol. The van der Waals surface area contributed by atoms with E-state index in [1.54, 1.807) is 5.31 Å². The van der Waals surface area contributed by atoms with Crippen LogP contribution in [0, 0.1) is 0 Å². The van der Waals surface area contributed by atoms with Gasteiger partial charge in [-0.15, -0.1) is 0 Å². The minimum Gasteiger partial charge on any atom is -0.399 e. The third kappa shape index (κ3) is 4.51. The number of rotatable bonds is 4. The fourth-order valence-corrected chi connectivity index (χ4v) is 4.90. The van der Waals surface area contributed by atoms with Gasteiger partial charge in [0.05, 0.1) is 22.4 Å². The Labute approximate surface area is 213 Å². The highest BCUT2D eigenvalue weighted by Crippen LogP contribution is 2.38. The lowest BCUT2D eigenvalue weighted by atomic mass is 9.78. The van der Waals surface area contributed by atoms with E-state index in [1.165, 1.54) is 0 Å². The number of hydrogen-bond donors (Lipinski definition) is 1. The van der Waals surface area contributed by atoms with Crippen molar-refractivity contribution >= 4 is 25.2 Å². The van der Waals surface area contributed by atoms with E-state index in [0.29, 0.717) is 0 Å². The first-order valence-corrected chi connectivity index (χ1v) is 12.9. The zero-order chi connectivity index (χ0) is 26.1. The van der Waals surface area contributed by atoms with Crippen LogP contribution in [0.2, 0.25) is 1.41 Å². The molecule has 3 aliphatic heterocycles. The van der Waals surface area contributed by atoms with Crippen LogP contribution in [0.1, 0.15) is 91.4 Å². The quantitative estimate of drug-likeness (QED) is 0.662. The average molecular weight is 476 g/mol. The Morgan fingerprint density at radius 1 is 0.600 bits per heavy atom. The van der Waals surface area contributed by atoms with E-state index < -0.39 is 0 Å². The number of hydrogen-bond acceptors (Lipinski definition) is 5. The molecule has 0 spiro atoms. The molecule has 2 atom stereocenters. The molecule has 0 bridgehead atoms. The Morgan fingerprint density at radius 2 is 0.886 bits per heavy atom. The molecule has 0 amide bonds. The van der Waals surface area contributed by atoms with E-state index in [-0.39, 0.29) is 48.7 Å². The topological polar surface area (TPSA) is 49.0 Å². The van der Waals surface area contributed by atoms with Gasteiger partial charge in [-0.3, -0.25) is 0 Å². The molecule has 7 heteroatoms. The summed E-state index contributed by atoms with van der Waals surface area (Å²) in [6, 6.07) is 16.9. The van der Waals surface area contributed by atoms with Crippen molar-refractivity contribution in [2.75, 3.05) is 0 Å². The van der Waals surface area contributed by atoms with Crippen molar-refractivity contribution in [3.8, 4) is 0 Å². The molecule has 3 fully saturated rings. The first kappa shape index (κ1) is 23.7. The van der Waals surface area contributed by atoms with Gasteiger partial charge < -0.3 is 23.9 Å². The molecule has 3 aliphatic rings. The first-order chi connectivity index (χ1) is 16.7. The average Bonchev–Trinajstić information content (AvgIpc) is 3.36. The second-order valence-electron chi connectivity index (χ2n) is 12.3. The Bertz CT molecular complexity index is 984. The summed E-state index contributed by atoms with van der Waals surface area (Å²) >= 11 is 0. The van der Waals surface area contributed by atoms with E-state index in [0.717, 1.165) is 34.9 Å². The highest BCUT2D eigenvalue weighted by molar-refractivity contribution is 6.62. The Hall–Kier alpha value is -1.63. The second-order valence-corrected chi connectivity index (χ2v) is 12.3. The van der Waals surface area contributed by atoms with Gasteiger partial charge in [0.1, 0.15) is 1.41 Å². The molecule has 2 aromatic carbocycles. The molecule has 3 heterocycles. The van der Waals surface area contributed by atoms with Crippen LogP contribution in [-0.2, 0) is 18.6 Å². The van der Waals surface area contributed by atoms with Crippen molar-refractivity contribution in [3.63, 3.8) is 0 Å². The Morgan fingerprint density at radius 3 is 1.17 bits per heavy atom. The molecule has 0 saturated carbocycles. The summed E-state index contributed by atoms with van der Waals surface area (Å²) in [5, 5.41) is 1.76.